The number of rotatable bonds is 4. The van der Waals surface area contributed by atoms with Crippen molar-refractivity contribution in [1.29, 1.82) is 5.26 Å². The largest absolute Gasteiger partial charge is 0.481 e. The average molecular weight is 296 g/mol. The van der Waals surface area contributed by atoms with Gasteiger partial charge in [-0.3, -0.25) is 4.79 Å². The Balaban J connectivity index is 2.38. The van der Waals surface area contributed by atoms with Gasteiger partial charge in [-0.1, -0.05) is 11.6 Å². The minimum absolute atomic E-state index is 0.173. The molecular weight excluding hydrogens is 282 g/mol. The van der Waals surface area contributed by atoms with E-state index in [2.05, 4.69) is 4.98 Å². The SMILES string of the molecule is CCN(c1nccc(C#N)c1Cl)C1COCC1C(=O)O. The predicted octanol–water partition coefficient (Wildman–Crippen LogP) is 1.53. The number of pyridine rings is 1. The lowest BCUT2D eigenvalue weighted by Crippen LogP contribution is -2.43. The Labute approximate surface area is 121 Å². The molecule has 0 saturated carbocycles. The van der Waals surface area contributed by atoms with Gasteiger partial charge in [0.2, 0.25) is 0 Å². The molecule has 0 aliphatic carbocycles. The number of likely N-dealkylation sites (N-methyl/N-ethyl adjacent to an activating group) is 1. The number of carboxylic acids is 1. The summed E-state index contributed by atoms with van der Waals surface area (Å²) in [7, 11) is 0. The number of hydrogen-bond donors (Lipinski definition) is 1. The van der Waals surface area contributed by atoms with Crippen LogP contribution in [0.3, 0.4) is 0 Å². The molecular formula is C13H14ClN3O3. The van der Waals surface area contributed by atoms with Crippen LogP contribution in [0.4, 0.5) is 5.82 Å². The molecule has 2 unspecified atom stereocenters. The number of nitriles is 1. The highest BCUT2D eigenvalue weighted by Gasteiger charge is 2.38. The molecule has 7 heteroatoms. The van der Waals surface area contributed by atoms with Crippen molar-refractivity contribution in [3.05, 3.63) is 22.8 Å². The van der Waals surface area contributed by atoms with Gasteiger partial charge in [-0.25, -0.2) is 4.98 Å². The second-order valence-corrected chi connectivity index (χ2v) is 4.82. The van der Waals surface area contributed by atoms with Crippen LogP contribution in [-0.4, -0.2) is 41.9 Å². The molecule has 1 fully saturated rings. The Morgan fingerprint density at radius 2 is 2.45 bits per heavy atom. The van der Waals surface area contributed by atoms with Crippen LogP contribution in [-0.2, 0) is 9.53 Å². The van der Waals surface area contributed by atoms with Crippen molar-refractivity contribution in [2.24, 2.45) is 5.92 Å². The molecule has 2 atom stereocenters. The Bertz CT molecular complexity index is 558. The highest BCUT2D eigenvalue weighted by atomic mass is 35.5. The predicted molar refractivity (Wildman–Crippen MR) is 72.7 cm³/mol. The summed E-state index contributed by atoms with van der Waals surface area (Å²) in [5.41, 5.74) is 0.320. The normalized spacial score (nSPS) is 21.4. The molecule has 1 aromatic rings. The van der Waals surface area contributed by atoms with Crippen LogP contribution >= 0.6 is 11.6 Å². The molecule has 6 nitrogen and oxygen atoms in total. The fourth-order valence-corrected chi connectivity index (χ4v) is 2.61. The highest BCUT2D eigenvalue weighted by molar-refractivity contribution is 6.34. The zero-order chi connectivity index (χ0) is 14.7. The van der Waals surface area contributed by atoms with Crippen LogP contribution in [0.1, 0.15) is 12.5 Å². The van der Waals surface area contributed by atoms with Gasteiger partial charge in [0.1, 0.15) is 22.8 Å². The van der Waals surface area contributed by atoms with Crippen LogP contribution in [0, 0.1) is 17.2 Å². The first-order chi connectivity index (χ1) is 9.60. The van der Waals surface area contributed by atoms with E-state index in [1.807, 2.05) is 13.0 Å². The third-order valence-electron chi connectivity index (χ3n) is 3.37. The number of halogens is 1. The van der Waals surface area contributed by atoms with Crippen molar-refractivity contribution in [1.82, 2.24) is 4.98 Å². The Kier molecular flexibility index (Phi) is 4.42. The summed E-state index contributed by atoms with van der Waals surface area (Å²) in [6.45, 7) is 2.89. The number of anilines is 1. The Morgan fingerprint density at radius 1 is 1.70 bits per heavy atom. The number of aliphatic carboxylic acids is 1. The average Bonchev–Trinajstić information content (AvgIpc) is 2.91. The summed E-state index contributed by atoms with van der Waals surface area (Å²) in [6, 6.07) is 3.18. The van der Waals surface area contributed by atoms with Crippen molar-refractivity contribution in [3.8, 4) is 6.07 Å². The van der Waals surface area contributed by atoms with Crippen molar-refractivity contribution in [2.75, 3.05) is 24.7 Å². The van der Waals surface area contributed by atoms with Gasteiger partial charge >= 0.3 is 5.97 Å². The summed E-state index contributed by atoms with van der Waals surface area (Å²) in [6.07, 6.45) is 1.49. The van der Waals surface area contributed by atoms with Crippen LogP contribution in [0.5, 0.6) is 0 Å². The van der Waals surface area contributed by atoms with Crippen LogP contribution < -0.4 is 4.90 Å². The molecule has 0 radical (unpaired) electrons. The highest BCUT2D eigenvalue weighted by Crippen LogP contribution is 2.31. The van der Waals surface area contributed by atoms with Gasteiger partial charge in [-0.05, 0) is 13.0 Å². The molecule has 2 heterocycles. The summed E-state index contributed by atoms with van der Waals surface area (Å²) in [5.74, 6) is -1.10. The molecule has 20 heavy (non-hydrogen) atoms. The zero-order valence-corrected chi connectivity index (χ0v) is 11.7. The van der Waals surface area contributed by atoms with Crippen LogP contribution in [0.2, 0.25) is 5.02 Å². The van der Waals surface area contributed by atoms with E-state index < -0.39 is 11.9 Å². The molecule has 0 amide bonds. The molecule has 1 aliphatic heterocycles. The molecule has 1 saturated heterocycles. The maximum Gasteiger partial charge on any atom is 0.311 e. The van der Waals surface area contributed by atoms with E-state index in [1.165, 1.54) is 12.3 Å². The smallest absolute Gasteiger partial charge is 0.311 e. The molecule has 106 valence electrons. The van der Waals surface area contributed by atoms with Crippen molar-refractivity contribution in [3.63, 3.8) is 0 Å². The molecule has 1 N–H and O–H groups in total. The fraction of sp³-hybridized carbons (Fsp3) is 0.462. The summed E-state index contributed by atoms with van der Waals surface area (Å²) in [5, 5.41) is 18.5. The molecule has 0 aromatic carbocycles. The van der Waals surface area contributed by atoms with E-state index >= 15 is 0 Å². The third-order valence-corrected chi connectivity index (χ3v) is 3.74. The monoisotopic (exact) mass is 295 g/mol. The van der Waals surface area contributed by atoms with Crippen molar-refractivity contribution in [2.45, 2.75) is 13.0 Å². The molecule has 0 spiro atoms. The second kappa shape index (κ2) is 6.07. The van der Waals surface area contributed by atoms with E-state index in [9.17, 15) is 9.90 Å². The van der Waals surface area contributed by atoms with Gasteiger partial charge in [0.05, 0.1) is 24.8 Å². The van der Waals surface area contributed by atoms with Crippen molar-refractivity contribution < 1.29 is 14.6 Å². The fourth-order valence-electron chi connectivity index (χ4n) is 2.35. The number of nitrogens with zero attached hydrogens (tertiary/aromatic N) is 3. The van der Waals surface area contributed by atoms with E-state index in [-0.39, 0.29) is 17.7 Å². The van der Waals surface area contributed by atoms with E-state index in [4.69, 9.17) is 21.6 Å². The van der Waals surface area contributed by atoms with E-state index in [0.717, 1.165) is 0 Å². The molecule has 1 aromatic heterocycles. The zero-order valence-electron chi connectivity index (χ0n) is 10.9. The number of aromatic nitrogens is 1. The number of carbonyl (C=O) groups is 1. The topological polar surface area (TPSA) is 86.5 Å². The van der Waals surface area contributed by atoms with Crippen LogP contribution in [0.25, 0.3) is 0 Å². The summed E-state index contributed by atoms with van der Waals surface area (Å²) >= 11 is 6.17. The number of hydrogen-bond acceptors (Lipinski definition) is 5. The van der Waals surface area contributed by atoms with Gasteiger partial charge in [-0.15, -0.1) is 0 Å². The quantitative estimate of drug-likeness (QED) is 0.906. The second-order valence-electron chi connectivity index (χ2n) is 4.44. The van der Waals surface area contributed by atoms with Crippen LogP contribution in [0.15, 0.2) is 12.3 Å². The standard InChI is InChI=1S/C13H14ClN3O3/c1-2-17(10-7-20-6-9(10)13(18)19)12-11(14)8(5-15)3-4-16-12/h3-4,9-10H,2,6-7H2,1H3,(H,18,19). The van der Waals surface area contributed by atoms with Gasteiger partial charge in [0.15, 0.2) is 0 Å². The molecule has 1 aliphatic rings. The van der Waals surface area contributed by atoms with Gasteiger partial charge in [0.25, 0.3) is 0 Å². The third kappa shape index (κ3) is 2.55. The van der Waals surface area contributed by atoms with E-state index in [0.29, 0.717) is 24.5 Å². The number of carboxylic acid groups (broad SMARTS) is 1. The number of ether oxygens (including phenoxy) is 1. The lowest BCUT2D eigenvalue weighted by Gasteiger charge is -2.31. The first-order valence-electron chi connectivity index (χ1n) is 6.22. The Hall–Kier alpha value is -1.84. The maximum absolute atomic E-state index is 11.3. The molecule has 0 bridgehead atoms. The first-order valence-corrected chi connectivity index (χ1v) is 6.59. The first kappa shape index (κ1) is 14.6. The van der Waals surface area contributed by atoms with E-state index in [1.54, 1.807) is 4.90 Å². The minimum Gasteiger partial charge on any atom is -0.481 e. The lowest BCUT2D eigenvalue weighted by molar-refractivity contribution is -0.141. The lowest BCUT2D eigenvalue weighted by atomic mass is 10.0. The Morgan fingerprint density at radius 3 is 3.05 bits per heavy atom. The van der Waals surface area contributed by atoms with Gasteiger partial charge in [0, 0.05) is 12.7 Å². The maximum atomic E-state index is 11.3. The molecule has 2 rings (SSSR count). The summed E-state index contributed by atoms with van der Waals surface area (Å²) < 4.78 is 5.27. The minimum atomic E-state index is -0.904. The van der Waals surface area contributed by atoms with Gasteiger partial charge < -0.3 is 14.7 Å². The van der Waals surface area contributed by atoms with Gasteiger partial charge in [-0.2, -0.15) is 5.26 Å². The summed E-state index contributed by atoms with van der Waals surface area (Å²) in [4.78, 5) is 17.2. The van der Waals surface area contributed by atoms with Crippen molar-refractivity contribution >= 4 is 23.4 Å².